The number of amides is 1. The molecule has 1 atom stereocenters. The zero-order chi connectivity index (χ0) is 19.3. The molecule has 0 aliphatic carbocycles. The van der Waals surface area contributed by atoms with Crippen LogP contribution in [0.3, 0.4) is 0 Å². The summed E-state index contributed by atoms with van der Waals surface area (Å²) in [6.07, 6.45) is 4.93. The highest BCUT2D eigenvalue weighted by atomic mass is 16.2. The van der Waals surface area contributed by atoms with E-state index < -0.39 is 0 Å². The molecule has 8 nitrogen and oxygen atoms in total. The Balaban J connectivity index is 1.37. The zero-order valence-electron chi connectivity index (χ0n) is 15.7. The van der Waals surface area contributed by atoms with Gasteiger partial charge in [0.15, 0.2) is 5.69 Å². The quantitative estimate of drug-likeness (QED) is 0.674. The van der Waals surface area contributed by atoms with Crippen LogP contribution in [0, 0.1) is 0 Å². The normalized spacial score (nSPS) is 17.6. The van der Waals surface area contributed by atoms with Crippen LogP contribution in [0.5, 0.6) is 0 Å². The summed E-state index contributed by atoms with van der Waals surface area (Å²) in [5.41, 5.74) is 1.19. The standard InChI is InChI=1S/C20H24N6O2/c27-18-9-5-10-22-26(18)13-12-25-11-4-3-6-15(25)14-21-20(28)19-16-7-1-2-8-17(16)23-24-19/h1-2,5,7-10,15H,3-4,6,11-14H2,(H,21,28)(H,23,24). The maximum Gasteiger partial charge on any atom is 0.272 e. The van der Waals surface area contributed by atoms with Gasteiger partial charge in [0.05, 0.1) is 12.1 Å². The van der Waals surface area contributed by atoms with Crippen LogP contribution in [0.25, 0.3) is 10.9 Å². The first-order chi connectivity index (χ1) is 13.7. The van der Waals surface area contributed by atoms with Gasteiger partial charge in [-0.1, -0.05) is 24.6 Å². The van der Waals surface area contributed by atoms with Crippen molar-refractivity contribution in [2.45, 2.75) is 31.8 Å². The number of aromatic amines is 1. The second-order valence-corrected chi connectivity index (χ2v) is 7.10. The second kappa shape index (κ2) is 8.35. The lowest BCUT2D eigenvalue weighted by Gasteiger charge is -2.35. The molecule has 146 valence electrons. The molecule has 0 radical (unpaired) electrons. The van der Waals surface area contributed by atoms with Crippen molar-refractivity contribution in [2.24, 2.45) is 0 Å². The van der Waals surface area contributed by atoms with Crippen molar-refractivity contribution >= 4 is 16.8 Å². The van der Waals surface area contributed by atoms with E-state index in [1.165, 1.54) is 10.7 Å². The zero-order valence-corrected chi connectivity index (χ0v) is 15.7. The summed E-state index contributed by atoms with van der Waals surface area (Å²) in [5, 5.41) is 15.1. The van der Waals surface area contributed by atoms with Crippen molar-refractivity contribution < 1.29 is 4.79 Å². The minimum Gasteiger partial charge on any atom is -0.349 e. The van der Waals surface area contributed by atoms with Gasteiger partial charge >= 0.3 is 0 Å². The van der Waals surface area contributed by atoms with Crippen molar-refractivity contribution in [3.63, 3.8) is 0 Å². The minimum absolute atomic E-state index is 0.0882. The number of fused-ring (bicyclic) bond motifs is 1. The first-order valence-corrected chi connectivity index (χ1v) is 9.70. The number of likely N-dealkylation sites (tertiary alicyclic amines) is 1. The van der Waals surface area contributed by atoms with E-state index in [4.69, 9.17) is 0 Å². The average Bonchev–Trinajstić information content (AvgIpc) is 3.16. The number of para-hydroxylation sites is 1. The number of benzene rings is 1. The van der Waals surface area contributed by atoms with Gasteiger partial charge in [0, 0.05) is 36.8 Å². The molecule has 0 bridgehead atoms. The lowest BCUT2D eigenvalue weighted by atomic mass is 10.0. The Bertz CT molecular complexity index is 1010. The third kappa shape index (κ3) is 3.96. The number of nitrogens with zero attached hydrogens (tertiary/aromatic N) is 4. The van der Waals surface area contributed by atoms with E-state index >= 15 is 0 Å². The van der Waals surface area contributed by atoms with Gasteiger partial charge in [-0.2, -0.15) is 10.2 Å². The van der Waals surface area contributed by atoms with Gasteiger partial charge in [0.25, 0.3) is 11.5 Å². The fourth-order valence-corrected chi connectivity index (χ4v) is 3.79. The van der Waals surface area contributed by atoms with Gasteiger partial charge in [0.2, 0.25) is 0 Å². The number of aromatic nitrogens is 4. The molecule has 1 aliphatic heterocycles. The van der Waals surface area contributed by atoms with Gasteiger partial charge in [-0.3, -0.25) is 19.6 Å². The van der Waals surface area contributed by atoms with E-state index in [-0.39, 0.29) is 17.5 Å². The highest BCUT2D eigenvalue weighted by molar-refractivity contribution is 6.04. The lowest BCUT2D eigenvalue weighted by Crippen LogP contribution is -2.48. The predicted octanol–water partition coefficient (Wildman–Crippen LogP) is 1.40. The molecule has 1 aliphatic rings. The minimum atomic E-state index is -0.163. The van der Waals surface area contributed by atoms with E-state index in [9.17, 15) is 9.59 Å². The summed E-state index contributed by atoms with van der Waals surface area (Å²) >= 11 is 0. The summed E-state index contributed by atoms with van der Waals surface area (Å²) in [4.78, 5) is 26.8. The van der Waals surface area contributed by atoms with Crippen LogP contribution in [0.4, 0.5) is 0 Å². The number of carbonyl (C=O) groups excluding carboxylic acids is 1. The number of rotatable bonds is 6. The van der Waals surface area contributed by atoms with Crippen molar-refractivity contribution in [2.75, 3.05) is 19.6 Å². The van der Waals surface area contributed by atoms with Crippen LogP contribution in [0.15, 0.2) is 47.4 Å². The van der Waals surface area contributed by atoms with E-state index in [1.807, 2.05) is 24.3 Å². The number of carbonyl (C=O) groups is 1. The maximum absolute atomic E-state index is 12.6. The van der Waals surface area contributed by atoms with Gasteiger partial charge in [-0.05, 0) is 31.5 Å². The SMILES string of the molecule is O=C(NCC1CCCCN1CCn1ncccc1=O)c1n[nH]c2ccccc12. The molecule has 0 saturated carbocycles. The Morgan fingerprint density at radius 3 is 2.96 bits per heavy atom. The molecule has 3 aromatic rings. The van der Waals surface area contributed by atoms with Crippen molar-refractivity contribution in [1.29, 1.82) is 0 Å². The molecular formula is C20H24N6O2. The molecule has 2 N–H and O–H groups in total. The van der Waals surface area contributed by atoms with E-state index in [2.05, 4.69) is 25.5 Å². The Hall–Kier alpha value is -3.00. The van der Waals surface area contributed by atoms with E-state index in [0.29, 0.717) is 18.8 Å². The smallest absolute Gasteiger partial charge is 0.272 e. The molecular weight excluding hydrogens is 356 g/mol. The van der Waals surface area contributed by atoms with Crippen molar-refractivity contribution in [3.8, 4) is 0 Å². The Morgan fingerprint density at radius 2 is 2.07 bits per heavy atom. The van der Waals surface area contributed by atoms with Gasteiger partial charge in [-0.25, -0.2) is 4.68 Å². The molecule has 0 spiro atoms. The number of hydrogen-bond acceptors (Lipinski definition) is 5. The van der Waals surface area contributed by atoms with E-state index in [1.54, 1.807) is 12.3 Å². The fraction of sp³-hybridized carbons (Fsp3) is 0.400. The molecule has 1 amide bonds. The van der Waals surface area contributed by atoms with E-state index in [0.717, 1.165) is 43.3 Å². The van der Waals surface area contributed by atoms with Gasteiger partial charge in [-0.15, -0.1) is 0 Å². The molecule has 1 fully saturated rings. The Morgan fingerprint density at radius 1 is 1.18 bits per heavy atom. The van der Waals surface area contributed by atoms with Gasteiger partial charge < -0.3 is 5.32 Å². The van der Waals surface area contributed by atoms with Crippen molar-refractivity contribution in [1.82, 2.24) is 30.2 Å². The number of nitrogens with one attached hydrogen (secondary N) is 2. The number of H-pyrrole nitrogens is 1. The first kappa shape index (κ1) is 18.4. The van der Waals surface area contributed by atoms with Crippen LogP contribution in [-0.4, -0.2) is 56.5 Å². The molecule has 1 unspecified atom stereocenters. The highest BCUT2D eigenvalue weighted by Crippen LogP contribution is 2.17. The Kier molecular flexibility index (Phi) is 5.48. The van der Waals surface area contributed by atoms with Crippen LogP contribution >= 0.6 is 0 Å². The topological polar surface area (TPSA) is 95.9 Å². The van der Waals surface area contributed by atoms with Crippen LogP contribution in [0.1, 0.15) is 29.8 Å². The predicted molar refractivity (Wildman–Crippen MR) is 106 cm³/mol. The summed E-state index contributed by atoms with van der Waals surface area (Å²) in [7, 11) is 0. The second-order valence-electron chi connectivity index (χ2n) is 7.10. The summed E-state index contributed by atoms with van der Waals surface area (Å²) in [5.74, 6) is -0.163. The molecule has 2 aromatic heterocycles. The first-order valence-electron chi connectivity index (χ1n) is 9.70. The third-order valence-corrected chi connectivity index (χ3v) is 5.32. The Labute approximate surface area is 162 Å². The molecule has 28 heavy (non-hydrogen) atoms. The monoisotopic (exact) mass is 380 g/mol. The fourth-order valence-electron chi connectivity index (χ4n) is 3.79. The molecule has 3 heterocycles. The molecule has 4 rings (SSSR count). The molecule has 1 aromatic carbocycles. The molecule has 1 saturated heterocycles. The largest absolute Gasteiger partial charge is 0.349 e. The number of piperidine rings is 1. The van der Waals surface area contributed by atoms with Crippen molar-refractivity contribution in [3.05, 3.63) is 58.6 Å². The summed E-state index contributed by atoms with van der Waals surface area (Å²) < 4.78 is 1.49. The van der Waals surface area contributed by atoms with Crippen LogP contribution in [-0.2, 0) is 6.54 Å². The molecule has 8 heteroatoms. The maximum atomic E-state index is 12.6. The number of hydrogen-bond donors (Lipinski definition) is 2. The summed E-state index contributed by atoms with van der Waals surface area (Å²) in [6, 6.07) is 11.0. The van der Waals surface area contributed by atoms with Crippen LogP contribution < -0.4 is 10.9 Å². The lowest BCUT2D eigenvalue weighted by molar-refractivity contribution is 0.0906. The van der Waals surface area contributed by atoms with Crippen LogP contribution in [0.2, 0.25) is 0 Å². The summed E-state index contributed by atoms with van der Waals surface area (Å²) in [6.45, 7) is 2.82. The average molecular weight is 380 g/mol. The highest BCUT2D eigenvalue weighted by Gasteiger charge is 2.23. The third-order valence-electron chi connectivity index (χ3n) is 5.32. The van der Waals surface area contributed by atoms with Gasteiger partial charge in [0.1, 0.15) is 0 Å².